The molecule has 11 nitrogen and oxygen atoms in total. The van der Waals surface area contributed by atoms with Gasteiger partial charge in [-0.15, -0.1) is 0 Å². The lowest BCUT2D eigenvalue weighted by Gasteiger charge is -2.26. The van der Waals surface area contributed by atoms with Crippen LogP contribution < -0.4 is 21.7 Å². The molecule has 2 rings (SSSR count). The van der Waals surface area contributed by atoms with Crippen molar-refractivity contribution in [1.29, 1.82) is 0 Å². The zero-order valence-corrected chi connectivity index (χ0v) is 22.0. The van der Waals surface area contributed by atoms with Gasteiger partial charge in [0.05, 0.1) is 12.5 Å². The zero-order valence-electron chi connectivity index (χ0n) is 22.0. The smallest absolute Gasteiger partial charge is 0.326 e. The topological polar surface area (TPSA) is 188 Å². The maximum absolute atomic E-state index is 13.4. The van der Waals surface area contributed by atoms with Crippen molar-refractivity contribution in [3.05, 3.63) is 71.8 Å². The average molecular weight is 541 g/mol. The lowest BCUT2D eigenvalue weighted by atomic mass is 10.00. The molecule has 4 atom stereocenters. The lowest BCUT2D eigenvalue weighted by molar-refractivity contribution is -0.142. The first kappa shape index (κ1) is 31.0. The molecule has 11 heteroatoms. The van der Waals surface area contributed by atoms with Gasteiger partial charge in [0.15, 0.2) is 0 Å². The van der Waals surface area contributed by atoms with Crippen LogP contribution in [-0.2, 0) is 36.8 Å². The number of nitrogens with two attached hydrogens (primary N) is 1. The van der Waals surface area contributed by atoms with Crippen LogP contribution in [0.25, 0.3) is 0 Å². The van der Waals surface area contributed by atoms with E-state index in [1.165, 1.54) is 0 Å². The molecule has 0 aliphatic carbocycles. The zero-order chi connectivity index (χ0) is 28.9. The third kappa shape index (κ3) is 10.9. The van der Waals surface area contributed by atoms with Crippen LogP contribution in [0.5, 0.6) is 0 Å². The molecule has 0 aliphatic heterocycles. The Morgan fingerprint density at radius 2 is 1.13 bits per heavy atom. The van der Waals surface area contributed by atoms with Gasteiger partial charge in [0.1, 0.15) is 18.1 Å². The van der Waals surface area contributed by atoms with E-state index in [9.17, 15) is 29.1 Å². The highest BCUT2D eigenvalue weighted by Crippen LogP contribution is 2.10. The Labute approximate surface area is 227 Å². The van der Waals surface area contributed by atoms with Gasteiger partial charge >= 0.3 is 11.9 Å². The van der Waals surface area contributed by atoms with E-state index < -0.39 is 60.2 Å². The van der Waals surface area contributed by atoms with Gasteiger partial charge in [-0.3, -0.25) is 19.2 Å². The van der Waals surface area contributed by atoms with Crippen LogP contribution in [0.1, 0.15) is 37.8 Å². The summed E-state index contributed by atoms with van der Waals surface area (Å²) in [7, 11) is 0. The lowest BCUT2D eigenvalue weighted by Crippen LogP contribution is -2.58. The summed E-state index contributed by atoms with van der Waals surface area (Å²) in [6.45, 7) is 3.69. The first-order chi connectivity index (χ1) is 18.5. The van der Waals surface area contributed by atoms with Crippen molar-refractivity contribution in [2.24, 2.45) is 11.7 Å². The standard InChI is InChI=1S/C28H36N4O7/c1-17(2)13-21(26(36)32-23(28(38)39)15-19-11-7-4-8-12-19)31-27(37)22(14-18-9-5-3-6-10-18)30-25(35)20(29)16-24(33)34/h3-12,17,20-23H,13-16,29H2,1-2H3,(H,30,35)(H,31,37)(H,32,36)(H,33,34)(H,38,39). The number of hydrogen-bond acceptors (Lipinski definition) is 6. The molecular formula is C28H36N4O7. The molecule has 0 heterocycles. The number of carbonyl (C=O) groups is 5. The normalized spacial score (nSPS) is 13.9. The third-order valence-corrected chi connectivity index (χ3v) is 5.88. The second-order valence-electron chi connectivity index (χ2n) is 9.74. The van der Waals surface area contributed by atoms with E-state index in [2.05, 4.69) is 16.0 Å². The molecule has 0 aromatic heterocycles. The number of carbonyl (C=O) groups excluding carboxylic acids is 3. The maximum atomic E-state index is 13.4. The van der Waals surface area contributed by atoms with Gasteiger partial charge in [0.2, 0.25) is 17.7 Å². The maximum Gasteiger partial charge on any atom is 0.326 e. The molecule has 3 amide bonds. The molecule has 0 saturated heterocycles. The van der Waals surface area contributed by atoms with E-state index in [1.807, 2.05) is 13.8 Å². The molecular weight excluding hydrogens is 504 g/mol. The van der Waals surface area contributed by atoms with Gasteiger partial charge in [0, 0.05) is 12.8 Å². The molecule has 39 heavy (non-hydrogen) atoms. The molecule has 4 unspecified atom stereocenters. The molecule has 0 bridgehead atoms. The van der Waals surface area contributed by atoms with Crippen molar-refractivity contribution in [3.63, 3.8) is 0 Å². The molecule has 2 aromatic carbocycles. The van der Waals surface area contributed by atoms with Gasteiger partial charge in [-0.2, -0.15) is 0 Å². The molecule has 0 radical (unpaired) electrons. The first-order valence-corrected chi connectivity index (χ1v) is 12.6. The Kier molecular flexibility index (Phi) is 12.1. The summed E-state index contributed by atoms with van der Waals surface area (Å²) in [5.74, 6) is -4.71. The SMILES string of the molecule is CC(C)CC(NC(=O)C(Cc1ccccc1)NC(=O)C(N)CC(=O)O)C(=O)NC(Cc1ccccc1)C(=O)O. The van der Waals surface area contributed by atoms with Crippen LogP contribution in [0.15, 0.2) is 60.7 Å². The van der Waals surface area contributed by atoms with Crippen LogP contribution >= 0.6 is 0 Å². The van der Waals surface area contributed by atoms with Crippen LogP contribution in [0.2, 0.25) is 0 Å². The molecule has 210 valence electrons. The second-order valence-corrected chi connectivity index (χ2v) is 9.74. The molecule has 0 aliphatic rings. The number of hydrogen-bond donors (Lipinski definition) is 6. The predicted octanol–water partition coefficient (Wildman–Crippen LogP) is 0.859. The second kappa shape index (κ2) is 15.2. The summed E-state index contributed by atoms with van der Waals surface area (Å²) in [6, 6.07) is 12.8. The van der Waals surface area contributed by atoms with Crippen LogP contribution in [0.3, 0.4) is 0 Å². The monoisotopic (exact) mass is 540 g/mol. The van der Waals surface area contributed by atoms with Crippen LogP contribution in [0.4, 0.5) is 0 Å². The highest BCUT2D eigenvalue weighted by atomic mass is 16.4. The molecule has 2 aromatic rings. The number of nitrogens with one attached hydrogen (secondary N) is 3. The number of amides is 3. The Bertz CT molecular complexity index is 1130. The molecule has 0 saturated carbocycles. The van der Waals surface area contributed by atoms with Crippen molar-refractivity contribution in [1.82, 2.24) is 16.0 Å². The number of carboxylic acids is 2. The van der Waals surface area contributed by atoms with Gasteiger partial charge in [0.25, 0.3) is 0 Å². The summed E-state index contributed by atoms with van der Waals surface area (Å²) in [5, 5.41) is 26.3. The highest BCUT2D eigenvalue weighted by molar-refractivity contribution is 5.95. The minimum absolute atomic E-state index is 0.0374. The van der Waals surface area contributed by atoms with Gasteiger partial charge in [-0.1, -0.05) is 74.5 Å². The van der Waals surface area contributed by atoms with Crippen molar-refractivity contribution in [2.75, 3.05) is 0 Å². The quantitative estimate of drug-likeness (QED) is 0.192. The average Bonchev–Trinajstić information content (AvgIpc) is 2.87. The number of carboxylic acid groups (broad SMARTS) is 2. The van der Waals surface area contributed by atoms with Crippen molar-refractivity contribution in [2.45, 2.75) is 63.7 Å². The minimum atomic E-state index is -1.38. The predicted molar refractivity (Wildman–Crippen MR) is 143 cm³/mol. The fourth-order valence-corrected chi connectivity index (χ4v) is 3.92. The van der Waals surface area contributed by atoms with E-state index >= 15 is 0 Å². The first-order valence-electron chi connectivity index (χ1n) is 12.6. The summed E-state index contributed by atoms with van der Waals surface area (Å²) in [5.41, 5.74) is 7.11. The Hall–Kier alpha value is -4.25. The van der Waals surface area contributed by atoms with Crippen LogP contribution in [-0.4, -0.2) is 64.0 Å². The molecule has 0 fully saturated rings. The van der Waals surface area contributed by atoms with Crippen molar-refractivity contribution in [3.8, 4) is 0 Å². The summed E-state index contributed by atoms with van der Waals surface area (Å²) >= 11 is 0. The largest absolute Gasteiger partial charge is 0.481 e. The summed E-state index contributed by atoms with van der Waals surface area (Å²) in [4.78, 5) is 61.9. The Morgan fingerprint density at radius 1 is 0.692 bits per heavy atom. The van der Waals surface area contributed by atoms with E-state index in [1.54, 1.807) is 60.7 Å². The van der Waals surface area contributed by atoms with Gasteiger partial charge in [-0.25, -0.2) is 4.79 Å². The van der Waals surface area contributed by atoms with Gasteiger partial charge < -0.3 is 31.9 Å². The van der Waals surface area contributed by atoms with Gasteiger partial charge in [-0.05, 0) is 23.5 Å². The molecule has 7 N–H and O–H groups in total. The van der Waals surface area contributed by atoms with E-state index in [-0.39, 0.29) is 25.2 Å². The minimum Gasteiger partial charge on any atom is -0.481 e. The Balaban J connectivity index is 2.21. The fourth-order valence-electron chi connectivity index (χ4n) is 3.92. The van der Waals surface area contributed by atoms with Crippen molar-refractivity contribution < 1.29 is 34.2 Å². The van der Waals surface area contributed by atoms with Crippen molar-refractivity contribution >= 4 is 29.7 Å². The van der Waals surface area contributed by atoms with Crippen LogP contribution in [0, 0.1) is 5.92 Å². The fraction of sp³-hybridized carbons (Fsp3) is 0.393. The summed E-state index contributed by atoms with van der Waals surface area (Å²) in [6.07, 6.45) is -0.306. The number of rotatable bonds is 15. The van der Waals surface area contributed by atoms with E-state index in [0.717, 1.165) is 5.56 Å². The third-order valence-electron chi connectivity index (χ3n) is 5.88. The number of benzene rings is 2. The molecule has 0 spiro atoms. The highest BCUT2D eigenvalue weighted by Gasteiger charge is 2.31. The Morgan fingerprint density at radius 3 is 1.59 bits per heavy atom. The summed E-state index contributed by atoms with van der Waals surface area (Å²) < 4.78 is 0. The van der Waals surface area contributed by atoms with E-state index in [4.69, 9.17) is 10.8 Å². The van der Waals surface area contributed by atoms with E-state index in [0.29, 0.717) is 5.56 Å². The number of aliphatic carboxylic acids is 2.